The van der Waals surface area contributed by atoms with Crippen LogP contribution >= 0.6 is 0 Å². The van der Waals surface area contributed by atoms with Gasteiger partial charge in [0.25, 0.3) is 5.56 Å². The van der Waals surface area contributed by atoms with Gasteiger partial charge in [-0.05, 0) is 42.5 Å². The molecule has 196 valence electrons. The number of nitrogens with one attached hydrogen (secondary N) is 4. The van der Waals surface area contributed by atoms with Crippen LogP contribution in [-0.4, -0.2) is 55.1 Å². The predicted molar refractivity (Wildman–Crippen MR) is 135 cm³/mol. The van der Waals surface area contributed by atoms with Crippen LogP contribution in [0.5, 0.6) is 5.75 Å². The van der Waals surface area contributed by atoms with Gasteiger partial charge >= 0.3 is 11.9 Å². The molecule has 1 unspecified atom stereocenters. The minimum absolute atomic E-state index is 0.0127. The zero-order valence-corrected chi connectivity index (χ0v) is 20.5. The van der Waals surface area contributed by atoms with E-state index in [9.17, 15) is 24.0 Å². The molecule has 4 rings (SSSR count). The third-order valence-corrected chi connectivity index (χ3v) is 5.66. The maximum absolute atomic E-state index is 13.2. The molecule has 2 amide bonds. The molecule has 2 heterocycles. The van der Waals surface area contributed by atoms with Gasteiger partial charge in [-0.3, -0.25) is 19.4 Å². The quantitative estimate of drug-likeness (QED) is 0.337. The standard InChI is InChI=1S/C25H23N5O8/c1-36-16-6-4-14(5-7-16)27-25-29-20-19(22(33)30-25)17(11-18(31)28-20)21(32)26-15-9-12(23(34)37-2)8-13(10-15)24(35)38-3/h4-10,17H,11H2,1-3H3,(H,26,32)(H3,27,28,29,30,31,33). The smallest absolute Gasteiger partial charge is 0.337 e. The van der Waals surface area contributed by atoms with Crippen LogP contribution in [0.1, 0.15) is 38.6 Å². The number of aromatic amines is 1. The van der Waals surface area contributed by atoms with E-state index in [1.807, 2.05) is 0 Å². The summed E-state index contributed by atoms with van der Waals surface area (Å²) in [5, 5.41) is 8.01. The highest BCUT2D eigenvalue weighted by atomic mass is 16.5. The van der Waals surface area contributed by atoms with Gasteiger partial charge in [0.1, 0.15) is 11.6 Å². The topological polar surface area (TPSA) is 178 Å². The molecule has 1 atom stereocenters. The summed E-state index contributed by atoms with van der Waals surface area (Å²) in [7, 11) is 3.87. The zero-order valence-electron chi connectivity index (χ0n) is 20.5. The molecule has 13 nitrogen and oxygen atoms in total. The second-order valence-corrected chi connectivity index (χ2v) is 8.11. The number of ether oxygens (including phenoxy) is 3. The minimum Gasteiger partial charge on any atom is -0.497 e. The lowest BCUT2D eigenvalue weighted by atomic mass is 9.92. The van der Waals surface area contributed by atoms with Crippen molar-refractivity contribution in [3.63, 3.8) is 0 Å². The molecule has 2 aromatic carbocycles. The summed E-state index contributed by atoms with van der Waals surface area (Å²) in [5.41, 5.74) is -0.0443. The lowest BCUT2D eigenvalue weighted by Crippen LogP contribution is -2.36. The van der Waals surface area contributed by atoms with Crippen LogP contribution in [0.15, 0.2) is 47.3 Å². The first kappa shape index (κ1) is 25.9. The van der Waals surface area contributed by atoms with Gasteiger partial charge in [-0.15, -0.1) is 0 Å². The Balaban J connectivity index is 1.63. The summed E-state index contributed by atoms with van der Waals surface area (Å²) in [6.45, 7) is 0. The van der Waals surface area contributed by atoms with Crippen molar-refractivity contribution in [1.82, 2.24) is 9.97 Å². The molecule has 0 radical (unpaired) electrons. The van der Waals surface area contributed by atoms with Crippen LogP contribution in [-0.2, 0) is 19.1 Å². The summed E-state index contributed by atoms with van der Waals surface area (Å²) < 4.78 is 14.5. The van der Waals surface area contributed by atoms with Crippen molar-refractivity contribution < 1.29 is 33.4 Å². The maximum Gasteiger partial charge on any atom is 0.337 e. The largest absolute Gasteiger partial charge is 0.497 e. The van der Waals surface area contributed by atoms with Gasteiger partial charge in [0.2, 0.25) is 17.8 Å². The van der Waals surface area contributed by atoms with E-state index in [1.54, 1.807) is 24.3 Å². The molecule has 0 saturated carbocycles. The molecule has 0 saturated heterocycles. The Morgan fingerprint density at radius 2 is 1.55 bits per heavy atom. The van der Waals surface area contributed by atoms with Crippen molar-refractivity contribution in [3.8, 4) is 5.75 Å². The van der Waals surface area contributed by atoms with Crippen LogP contribution in [0.3, 0.4) is 0 Å². The van der Waals surface area contributed by atoms with Crippen LogP contribution in [0.2, 0.25) is 0 Å². The number of carbonyl (C=O) groups excluding carboxylic acids is 4. The zero-order chi connectivity index (χ0) is 27.4. The number of anilines is 4. The first-order valence-corrected chi connectivity index (χ1v) is 11.2. The molecule has 38 heavy (non-hydrogen) atoms. The van der Waals surface area contributed by atoms with Gasteiger partial charge in [0, 0.05) is 17.8 Å². The molecule has 1 aliphatic heterocycles. The van der Waals surface area contributed by atoms with Crippen LogP contribution in [0, 0.1) is 0 Å². The highest BCUT2D eigenvalue weighted by Gasteiger charge is 2.35. The van der Waals surface area contributed by atoms with Gasteiger partial charge in [0.15, 0.2) is 0 Å². The van der Waals surface area contributed by atoms with E-state index >= 15 is 0 Å². The van der Waals surface area contributed by atoms with E-state index in [0.29, 0.717) is 11.4 Å². The summed E-state index contributed by atoms with van der Waals surface area (Å²) >= 11 is 0. The Morgan fingerprint density at radius 1 is 0.921 bits per heavy atom. The second-order valence-electron chi connectivity index (χ2n) is 8.11. The highest BCUT2D eigenvalue weighted by molar-refractivity contribution is 6.05. The number of fused-ring (bicyclic) bond motifs is 1. The molecular weight excluding hydrogens is 498 g/mol. The number of hydrogen-bond donors (Lipinski definition) is 4. The Bertz CT molecular complexity index is 1450. The second kappa shape index (κ2) is 10.8. The fourth-order valence-corrected chi connectivity index (χ4v) is 3.87. The lowest BCUT2D eigenvalue weighted by molar-refractivity contribution is -0.123. The van der Waals surface area contributed by atoms with Gasteiger partial charge in [0.05, 0.1) is 43.9 Å². The average Bonchev–Trinajstić information content (AvgIpc) is 2.91. The van der Waals surface area contributed by atoms with Crippen LogP contribution < -0.4 is 26.2 Å². The SMILES string of the molecule is COC(=O)c1cc(NC(=O)C2CC(=O)Nc3nc(Nc4ccc(OC)cc4)[nH]c(=O)c32)cc(C(=O)OC)c1. The first-order valence-electron chi connectivity index (χ1n) is 11.2. The van der Waals surface area contributed by atoms with Gasteiger partial charge in [-0.25, -0.2) is 9.59 Å². The molecule has 0 fully saturated rings. The van der Waals surface area contributed by atoms with Crippen LogP contribution in [0.4, 0.5) is 23.1 Å². The molecule has 0 bridgehead atoms. The van der Waals surface area contributed by atoms with E-state index in [-0.39, 0.29) is 40.6 Å². The van der Waals surface area contributed by atoms with E-state index in [2.05, 4.69) is 25.9 Å². The number of nitrogens with zero attached hydrogens (tertiary/aromatic N) is 1. The number of methoxy groups -OCH3 is 3. The van der Waals surface area contributed by atoms with Gasteiger partial charge in [-0.1, -0.05) is 0 Å². The molecule has 1 aromatic heterocycles. The van der Waals surface area contributed by atoms with Crippen LogP contribution in [0.25, 0.3) is 0 Å². The third-order valence-electron chi connectivity index (χ3n) is 5.66. The Hall–Kier alpha value is -5.20. The molecule has 1 aliphatic rings. The number of benzene rings is 2. The minimum atomic E-state index is -1.20. The van der Waals surface area contributed by atoms with Crippen molar-refractivity contribution >= 4 is 46.9 Å². The number of hydrogen-bond acceptors (Lipinski definition) is 10. The maximum atomic E-state index is 13.2. The predicted octanol–water partition coefficient (Wildman–Crippen LogP) is 2.16. The van der Waals surface area contributed by atoms with Crippen molar-refractivity contribution in [2.75, 3.05) is 37.3 Å². The van der Waals surface area contributed by atoms with Gasteiger partial charge in [-0.2, -0.15) is 4.98 Å². The fourth-order valence-electron chi connectivity index (χ4n) is 3.87. The molecule has 3 aromatic rings. The Morgan fingerprint density at radius 3 is 2.13 bits per heavy atom. The summed E-state index contributed by atoms with van der Waals surface area (Å²) in [4.78, 5) is 69.6. The summed E-state index contributed by atoms with van der Waals surface area (Å²) in [5.74, 6) is -3.31. The lowest BCUT2D eigenvalue weighted by Gasteiger charge is -2.24. The fraction of sp³-hybridized carbons (Fsp3) is 0.200. The molecule has 13 heteroatoms. The number of esters is 2. The molecular formula is C25H23N5O8. The number of rotatable bonds is 7. The van der Waals surface area contributed by atoms with E-state index < -0.39 is 35.2 Å². The summed E-state index contributed by atoms with van der Waals surface area (Å²) in [6.07, 6.45) is -0.324. The third kappa shape index (κ3) is 5.46. The van der Waals surface area contributed by atoms with Gasteiger partial charge < -0.3 is 30.2 Å². The normalized spacial score (nSPS) is 14.0. The average molecular weight is 521 g/mol. The number of amides is 2. The van der Waals surface area contributed by atoms with E-state index in [0.717, 1.165) is 0 Å². The summed E-state index contributed by atoms with van der Waals surface area (Å²) in [6, 6.07) is 10.7. The Labute approximate surface area is 215 Å². The van der Waals surface area contributed by atoms with E-state index in [1.165, 1.54) is 39.5 Å². The number of aromatic nitrogens is 2. The van der Waals surface area contributed by atoms with Crippen molar-refractivity contribution in [2.45, 2.75) is 12.3 Å². The monoisotopic (exact) mass is 521 g/mol. The molecule has 4 N–H and O–H groups in total. The number of carbonyl (C=O) groups is 4. The Kier molecular flexibility index (Phi) is 7.37. The van der Waals surface area contributed by atoms with E-state index in [4.69, 9.17) is 14.2 Å². The van der Waals surface area contributed by atoms with Crippen molar-refractivity contribution in [2.24, 2.45) is 0 Å². The molecule has 0 aliphatic carbocycles. The first-order chi connectivity index (χ1) is 18.2. The highest BCUT2D eigenvalue weighted by Crippen LogP contribution is 2.30. The van der Waals surface area contributed by atoms with Crippen molar-refractivity contribution in [3.05, 3.63) is 69.5 Å². The number of H-pyrrole nitrogens is 1. The molecule has 0 spiro atoms. The van der Waals surface area contributed by atoms with Crippen molar-refractivity contribution in [1.29, 1.82) is 0 Å².